The first-order valence-corrected chi connectivity index (χ1v) is 9.36. The first-order valence-electron chi connectivity index (χ1n) is 9.36. The van der Waals surface area contributed by atoms with Gasteiger partial charge in [-0.25, -0.2) is 9.97 Å². The number of hydrogen-bond acceptors (Lipinski definition) is 2. The number of nitrogens with zero attached hydrogens (tertiary/aromatic N) is 2. The maximum Gasteiger partial charge on any atom is 2.00 e. The van der Waals surface area contributed by atoms with Crippen LogP contribution in [0.25, 0.3) is 43.6 Å². The molecule has 2 heterocycles. The summed E-state index contributed by atoms with van der Waals surface area (Å²) in [6.07, 6.45) is 0. The first kappa shape index (κ1) is 18.7. The maximum absolute atomic E-state index is 4.58. The van der Waals surface area contributed by atoms with Crippen LogP contribution in [0, 0.1) is 0 Å². The normalized spacial score (nSPS) is 10.5. The van der Waals surface area contributed by atoms with E-state index in [4.69, 9.17) is 0 Å². The molecule has 0 bridgehead atoms. The molecule has 2 aromatic heterocycles. The number of para-hydroxylation sites is 4. The molecule has 0 fully saturated rings. The molecule has 0 radical (unpaired) electrons. The molecule has 136 valence electrons. The molecular formula is C26H20BeN2. The van der Waals surface area contributed by atoms with Gasteiger partial charge in [0, 0.05) is 21.5 Å². The Kier molecular flexibility index (Phi) is 5.28. The summed E-state index contributed by atoms with van der Waals surface area (Å²) in [6.45, 7) is 0. The second-order valence-electron chi connectivity index (χ2n) is 6.75. The SMILES string of the molecule is [Be+2].[H-].[H-].c1ccc2nc3ccccc3cc2c1.c1ccc2nc3ccccc3cc2c1. The minimum absolute atomic E-state index is 0. The summed E-state index contributed by atoms with van der Waals surface area (Å²) in [4.78, 5) is 9.16. The van der Waals surface area contributed by atoms with E-state index in [1.807, 2.05) is 72.8 Å². The third-order valence-electron chi connectivity index (χ3n) is 4.85. The van der Waals surface area contributed by atoms with Crippen molar-refractivity contribution < 1.29 is 2.85 Å². The van der Waals surface area contributed by atoms with Crippen LogP contribution >= 0.6 is 0 Å². The number of benzene rings is 4. The quantitative estimate of drug-likeness (QED) is 0.222. The van der Waals surface area contributed by atoms with Crippen LogP contribution < -0.4 is 0 Å². The summed E-state index contributed by atoms with van der Waals surface area (Å²) in [5.74, 6) is 0. The van der Waals surface area contributed by atoms with E-state index >= 15 is 0 Å². The predicted molar refractivity (Wildman–Crippen MR) is 126 cm³/mol. The standard InChI is InChI=1S/2C13H9N.Be.2H/c2*1-3-7-12-10(5-1)9-11-6-2-4-8-13(11)14-12;;;/h2*1-9H;;;/q;;+2;2*-1. The van der Waals surface area contributed by atoms with Crippen LogP contribution in [-0.4, -0.2) is 20.1 Å². The van der Waals surface area contributed by atoms with Crippen LogP contribution in [0.2, 0.25) is 0 Å². The Bertz CT molecular complexity index is 1120. The van der Waals surface area contributed by atoms with E-state index in [2.05, 4.69) is 46.4 Å². The van der Waals surface area contributed by atoms with Crippen LogP contribution in [-0.2, 0) is 0 Å². The Hall–Kier alpha value is -3.61. The van der Waals surface area contributed by atoms with E-state index in [9.17, 15) is 0 Å². The van der Waals surface area contributed by atoms with Crippen LogP contribution in [0.4, 0.5) is 0 Å². The molecule has 0 aliphatic rings. The molecule has 0 atom stereocenters. The third-order valence-corrected chi connectivity index (χ3v) is 4.85. The second kappa shape index (κ2) is 8.18. The largest absolute Gasteiger partial charge is 2.00 e. The van der Waals surface area contributed by atoms with E-state index in [1.165, 1.54) is 21.5 Å². The topological polar surface area (TPSA) is 25.8 Å². The van der Waals surface area contributed by atoms with Crippen molar-refractivity contribution in [3.05, 3.63) is 109 Å². The molecule has 0 N–H and O–H groups in total. The molecule has 0 amide bonds. The maximum atomic E-state index is 4.58. The van der Waals surface area contributed by atoms with Gasteiger partial charge in [0.15, 0.2) is 0 Å². The first-order chi connectivity index (χ1) is 13.9. The number of rotatable bonds is 0. The van der Waals surface area contributed by atoms with Gasteiger partial charge < -0.3 is 2.85 Å². The number of fused-ring (bicyclic) bond motifs is 4. The van der Waals surface area contributed by atoms with Gasteiger partial charge in [-0.2, -0.15) is 0 Å². The van der Waals surface area contributed by atoms with Crippen molar-refractivity contribution in [2.24, 2.45) is 0 Å². The average Bonchev–Trinajstić information content (AvgIpc) is 2.76. The number of aromatic nitrogens is 2. The Balaban J connectivity index is 0.000000201. The smallest absolute Gasteiger partial charge is 1.00 e. The minimum atomic E-state index is 0. The van der Waals surface area contributed by atoms with Gasteiger partial charge in [-0.15, -0.1) is 0 Å². The molecule has 4 aromatic carbocycles. The molecule has 0 aliphatic heterocycles. The van der Waals surface area contributed by atoms with Gasteiger partial charge in [-0.1, -0.05) is 72.8 Å². The van der Waals surface area contributed by atoms with Crippen LogP contribution in [0.1, 0.15) is 2.85 Å². The predicted octanol–water partition coefficient (Wildman–Crippen LogP) is 6.62. The Morgan fingerprint density at radius 3 is 0.897 bits per heavy atom. The van der Waals surface area contributed by atoms with Crippen LogP contribution in [0.3, 0.4) is 0 Å². The molecule has 0 aliphatic carbocycles. The van der Waals surface area contributed by atoms with Crippen molar-refractivity contribution in [3.63, 3.8) is 0 Å². The van der Waals surface area contributed by atoms with Crippen molar-refractivity contribution in [3.8, 4) is 0 Å². The monoisotopic (exact) mass is 369 g/mol. The van der Waals surface area contributed by atoms with Crippen molar-refractivity contribution >= 4 is 53.7 Å². The zero-order chi connectivity index (χ0) is 18.8. The summed E-state index contributed by atoms with van der Waals surface area (Å²) in [6, 6.07) is 37.1. The summed E-state index contributed by atoms with van der Waals surface area (Å²) in [7, 11) is 0. The molecule has 3 heteroatoms. The molecule has 0 saturated carbocycles. The van der Waals surface area contributed by atoms with Crippen molar-refractivity contribution in [2.75, 3.05) is 0 Å². The molecule has 0 spiro atoms. The number of pyridine rings is 2. The van der Waals surface area contributed by atoms with E-state index in [0.717, 1.165) is 22.1 Å². The summed E-state index contributed by atoms with van der Waals surface area (Å²) in [5.41, 5.74) is 4.25. The van der Waals surface area contributed by atoms with Gasteiger partial charge in [0.1, 0.15) is 0 Å². The fourth-order valence-electron chi connectivity index (χ4n) is 3.44. The molecular weight excluding hydrogens is 349 g/mol. The number of hydrogen-bond donors (Lipinski definition) is 0. The summed E-state index contributed by atoms with van der Waals surface area (Å²) < 4.78 is 0. The summed E-state index contributed by atoms with van der Waals surface area (Å²) in [5, 5.41) is 4.80. The minimum Gasteiger partial charge on any atom is -1.00 e. The van der Waals surface area contributed by atoms with Gasteiger partial charge in [0.05, 0.1) is 22.1 Å². The van der Waals surface area contributed by atoms with Crippen molar-refractivity contribution in [2.45, 2.75) is 0 Å². The zero-order valence-electron chi connectivity index (χ0n) is 18.0. The molecule has 0 unspecified atom stereocenters. The van der Waals surface area contributed by atoms with Gasteiger partial charge >= 0.3 is 10.1 Å². The van der Waals surface area contributed by atoms with Gasteiger partial charge in [-0.3, -0.25) is 0 Å². The van der Waals surface area contributed by atoms with E-state index < -0.39 is 0 Å². The fourth-order valence-corrected chi connectivity index (χ4v) is 3.44. The van der Waals surface area contributed by atoms with Crippen molar-refractivity contribution in [1.82, 2.24) is 9.97 Å². The van der Waals surface area contributed by atoms with Crippen molar-refractivity contribution in [1.29, 1.82) is 0 Å². The zero-order valence-corrected chi connectivity index (χ0v) is 16.0. The van der Waals surface area contributed by atoms with Gasteiger partial charge in [0.25, 0.3) is 0 Å². The average molecular weight is 369 g/mol. The van der Waals surface area contributed by atoms with E-state index in [1.54, 1.807) is 0 Å². The van der Waals surface area contributed by atoms with E-state index in [-0.39, 0.29) is 13.0 Å². The Morgan fingerprint density at radius 1 is 0.379 bits per heavy atom. The van der Waals surface area contributed by atoms with Crippen LogP contribution in [0.5, 0.6) is 0 Å². The van der Waals surface area contributed by atoms with Crippen LogP contribution in [0.15, 0.2) is 109 Å². The van der Waals surface area contributed by atoms with Gasteiger partial charge in [0.2, 0.25) is 0 Å². The van der Waals surface area contributed by atoms with E-state index in [0.29, 0.717) is 0 Å². The molecule has 2 nitrogen and oxygen atoms in total. The summed E-state index contributed by atoms with van der Waals surface area (Å²) >= 11 is 0. The third kappa shape index (κ3) is 3.84. The molecule has 0 saturated heterocycles. The molecule has 6 aromatic rings. The molecule has 6 rings (SSSR count). The Labute approximate surface area is 176 Å². The fraction of sp³-hybridized carbons (Fsp3) is 0. The van der Waals surface area contributed by atoms with Gasteiger partial charge in [-0.05, 0) is 36.4 Å². The second-order valence-corrected chi connectivity index (χ2v) is 6.75. The Morgan fingerprint density at radius 2 is 0.621 bits per heavy atom. The molecule has 29 heavy (non-hydrogen) atoms.